The van der Waals surface area contributed by atoms with E-state index in [9.17, 15) is 0 Å². The maximum atomic E-state index is 8.76. The molecular weight excluding hydrogens is 214 g/mol. The third-order valence-electron chi connectivity index (χ3n) is 2.70. The summed E-state index contributed by atoms with van der Waals surface area (Å²) in [7, 11) is 0. The van der Waals surface area contributed by atoms with Crippen molar-refractivity contribution in [3.8, 4) is 5.75 Å². The Labute approximate surface area is 104 Å². The number of benzene rings is 1. The van der Waals surface area contributed by atoms with Crippen LogP contribution in [0.4, 0.5) is 0 Å². The first-order chi connectivity index (χ1) is 8.19. The van der Waals surface area contributed by atoms with Crippen LogP contribution in [0.25, 0.3) is 0 Å². The molecule has 0 radical (unpaired) electrons. The van der Waals surface area contributed by atoms with E-state index in [1.54, 1.807) is 0 Å². The van der Waals surface area contributed by atoms with E-state index in [4.69, 9.17) is 9.84 Å². The van der Waals surface area contributed by atoms with Crippen LogP contribution in [0.3, 0.4) is 0 Å². The van der Waals surface area contributed by atoms with Gasteiger partial charge in [-0.05, 0) is 26.5 Å². The molecule has 1 atom stereocenters. The molecule has 1 unspecified atom stereocenters. The second-order valence-electron chi connectivity index (χ2n) is 4.25. The van der Waals surface area contributed by atoms with E-state index in [-0.39, 0.29) is 12.6 Å². The predicted molar refractivity (Wildman–Crippen MR) is 70.5 cm³/mol. The van der Waals surface area contributed by atoms with Crippen LogP contribution in [0.1, 0.15) is 37.4 Å². The zero-order valence-corrected chi connectivity index (χ0v) is 11.0. The van der Waals surface area contributed by atoms with Crippen molar-refractivity contribution in [2.24, 2.45) is 0 Å². The zero-order valence-electron chi connectivity index (χ0n) is 11.0. The van der Waals surface area contributed by atoms with Crippen molar-refractivity contribution >= 4 is 0 Å². The summed E-state index contributed by atoms with van der Waals surface area (Å²) in [6, 6.07) is 6.50. The highest BCUT2D eigenvalue weighted by atomic mass is 16.5. The largest absolute Gasteiger partial charge is 0.493 e. The summed E-state index contributed by atoms with van der Waals surface area (Å²) < 4.78 is 5.70. The summed E-state index contributed by atoms with van der Waals surface area (Å²) in [5.41, 5.74) is 2.42. The van der Waals surface area contributed by atoms with Crippen LogP contribution >= 0.6 is 0 Å². The Bertz CT molecular complexity index is 339. The molecule has 1 rings (SSSR count). The minimum atomic E-state index is 0.171. The van der Waals surface area contributed by atoms with Gasteiger partial charge >= 0.3 is 0 Å². The molecule has 17 heavy (non-hydrogen) atoms. The highest BCUT2D eigenvalue weighted by Gasteiger charge is 2.10. The van der Waals surface area contributed by atoms with Crippen molar-refractivity contribution in [3.05, 3.63) is 29.3 Å². The Balaban J connectivity index is 2.79. The quantitative estimate of drug-likeness (QED) is 0.716. The molecule has 0 spiro atoms. The molecule has 0 amide bonds. The molecule has 0 saturated carbocycles. The molecule has 0 saturated heterocycles. The number of nitrogens with one attached hydrogen (secondary N) is 1. The second kappa shape index (κ2) is 7.30. The van der Waals surface area contributed by atoms with Gasteiger partial charge < -0.3 is 15.2 Å². The Morgan fingerprint density at radius 3 is 2.82 bits per heavy atom. The molecular formula is C14H23NO2. The normalized spacial score (nSPS) is 12.5. The minimum absolute atomic E-state index is 0.171. The van der Waals surface area contributed by atoms with Crippen molar-refractivity contribution in [3.63, 3.8) is 0 Å². The zero-order chi connectivity index (χ0) is 12.7. The minimum Gasteiger partial charge on any atom is -0.493 e. The van der Waals surface area contributed by atoms with Crippen molar-refractivity contribution in [1.29, 1.82) is 0 Å². The molecule has 1 aromatic carbocycles. The first-order valence-electron chi connectivity index (χ1n) is 6.26. The van der Waals surface area contributed by atoms with Gasteiger partial charge in [0.25, 0.3) is 0 Å². The van der Waals surface area contributed by atoms with E-state index in [0.717, 1.165) is 12.3 Å². The Kier molecular flexibility index (Phi) is 6.01. The number of ether oxygens (including phenoxy) is 1. The number of aliphatic hydroxyl groups excluding tert-OH is 1. The van der Waals surface area contributed by atoms with Crippen LogP contribution < -0.4 is 10.1 Å². The fraction of sp³-hybridized carbons (Fsp3) is 0.571. The second-order valence-corrected chi connectivity index (χ2v) is 4.25. The first-order valence-corrected chi connectivity index (χ1v) is 6.26. The summed E-state index contributed by atoms with van der Waals surface area (Å²) in [6.45, 7) is 7.98. The van der Waals surface area contributed by atoms with Crippen LogP contribution in [-0.4, -0.2) is 24.9 Å². The summed E-state index contributed by atoms with van der Waals surface area (Å²) in [4.78, 5) is 0. The molecule has 2 N–H and O–H groups in total. The van der Waals surface area contributed by atoms with Crippen LogP contribution in [0.5, 0.6) is 5.75 Å². The number of rotatable bonds is 7. The molecule has 0 fully saturated rings. The topological polar surface area (TPSA) is 41.5 Å². The Morgan fingerprint density at radius 1 is 1.41 bits per heavy atom. The van der Waals surface area contributed by atoms with Gasteiger partial charge in [0.1, 0.15) is 5.75 Å². The third kappa shape index (κ3) is 4.36. The average molecular weight is 237 g/mol. The van der Waals surface area contributed by atoms with E-state index in [1.165, 1.54) is 11.1 Å². The molecule has 0 aliphatic rings. The molecule has 0 aromatic heterocycles. The van der Waals surface area contributed by atoms with Crippen LogP contribution in [0, 0.1) is 6.92 Å². The van der Waals surface area contributed by atoms with E-state index >= 15 is 0 Å². The summed E-state index contributed by atoms with van der Waals surface area (Å²) in [5.74, 6) is 0.914. The van der Waals surface area contributed by atoms with Crippen LogP contribution in [0.15, 0.2) is 18.2 Å². The monoisotopic (exact) mass is 237 g/mol. The van der Waals surface area contributed by atoms with Gasteiger partial charge in [0, 0.05) is 24.6 Å². The lowest BCUT2D eigenvalue weighted by Gasteiger charge is -2.18. The predicted octanol–water partition coefficient (Wildman–Crippen LogP) is 2.43. The highest BCUT2D eigenvalue weighted by Crippen LogP contribution is 2.26. The highest BCUT2D eigenvalue weighted by molar-refractivity contribution is 5.38. The fourth-order valence-corrected chi connectivity index (χ4v) is 1.80. The smallest absolute Gasteiger partial charge is 0.124 e. The standard InChI is InChI=1S/C14H23NO2/c1-4-15-12(3)13-10-11(2)6-7-14(13)17-9-5-8-16/h6-7,10,12,15-16H,4-5,8-9H2,1-3H3. The van der Waals surface area contributed by atoms with Crippen molar-refractivity contribution in [2.75, 3.05) is 19.8 Å². The van der Waals surface area contributed by atoms with E-state index in [1.807, 2.05) is 6.07 Å². The number of aryl methyl sites for hydroxylation is 1. The van der Waals surface area contributed by atoms with Gasteiger partial charge in [-0.2, -0.15) is 0 Å². The Morgan fingerprint density at radius 2 is 2.18 bits per heavy atom. The molecule has 3 heteroatoms. The van der Waals surface area contributed by atoms with Gasteiger partial charge in [-0.1, -0.05) is 24.6 Å². The van der Waals surface area contributed by atoms with Crippen LogP contribution in [0.2, 0.25) is 0 Å². The Hall–Kier alpha value is -1.06. The van der Waals surface area contributed by atoms with Crippen LogP contribution in [-0.2, 0) is 0 Å². The molecule has 1 aromatic rings. The maximum Gasteiger partial charge on any atom is 0.124 e. The number of hydrogen-bond donors (Lipinski definition) is 2. The molecule has 0 aliphatic carbocycles. The number of hydrogen-bond acceptors (Lipinski definition) is 3. The fourth-order valence-electron chi connectivity index (χ4n) is 1.80. The van der Waals surface area contributed by atoms with Crippen molar-refractivity contribution in [1.82, 2.24) is 5.32 Å². The molecule has 0 bridgehead atoms. The summed E-state index contributed by atoms with van der Waals surface area (Å²) in [6.07, 6.45) is 0.670. The van der Waals surface area contributed by atoms with Gasteiger partial charge in [-0.15, -0.1) is 0 Å². The van der Waals surface area contributed by atoms with Gasteiger partial charge in [0.05, 0.1) is 6.61 Å². The van der Waals surface area contributed by atoms with Crippen molar-refractivity contribution < 1.29 is 9.84 Å². The van der Waals surface area contributed by atoms with E-state index < -0.39 is 0 Å². The SMILES string of the molecule is CCNC(C)c1cc(C)ccc1OCCCO. The maximum absolute atomic E-state index is 8.76. The lowest BCUT2D eigenvalue weighted by molar-refractivity contribution is 0.232. The van der Waals surface area contributed by atoms with Gasteiger partial charge in [-0.3, -0.25) is 0 Å². The summed E-state index contributed by atoms with van der Waals surface area (Å²) >= 11 is 0. The average Bonchev–Trinajstić information content (AvgIpc) is 2.31. The lowest BCUT2D eigenvalue weighted by atomic mass is 10.0. The molecule has 0 heterocycles. The molecule has 96 valence electrons. The molecule has 0 aliphatic heterocycles. The van der Waals surface area contributed by atoms with Crippen molar-refractivity contribution in [2.45, 2.75) is 33.2 Å². The molecule has 3 nitrogen and oxygen atoms in total. The lowest BCUT2D eigenvalue weighted by Crippen LogP contribution is -2.19. The van der Waals surface area contributed by atoms with E-state index in [2.05, 4.69) is 38.2 Å². The number of aliphatic hydroxyl groups is 1. The van der Waals surface area contributed by atoms with Gasteiger partial charge in [-0.25, -0.2) is 0 Å². The van der Waals surface area contributed by atoms with Gasteiger partial charge in [0.15, 0.2) is 0 Å². The first kappa shape index (κ1) is 14.0. The third-order valence-corrected chi connectivity index (χ3v) is 2.70. The van der Waals surface area contributed by atoms with E-state index in [0.29, 0.717) is 13.0 Å². The van der Waals surface area contributed by atoms with Gasteiger partial charge in [0.2, 0.25) is 0 Å². The summed E-state index contributed by atoms with van der Waals surface area (Å²) in [5, 5.41) is 12.1.